The van der Waals surface area contributed by atoms with Crippen molar-refractivity contribution in [2.45, 2.75) is 50.4 Å². The molecular formula is C14H15F3N2O7. The predicted molar refractivity (Wildman–Crippen MR) is 76.1 cm³/mol. The quantitative estimate of drug-likeness (QED) is 0.739. The first-order valence-corrected chi connectivity index (χ1v) is 7.54. The largest absolute Gasteiger partial charge is 0.490 e. The molecule has 0 unspecified atom stereocenters. The van der Waals surface area contributed by atoms with Crippen LogP contribution >= 0.6 is 0 Å². The molecule has 26 heavy (non-hydrogen) atoms. The van der Waals surface area contributed by atoms with E-state index in [4.69, 9.17) is 14.2 Å². The van der Waals surface area contributed by atoms with Gasteiger partial charge in [0.05, 0.1) is 0 Å². The lowest BCUT2D eigenvalue weighted by Gasteiger charge is -2.24. The van der Waals surface area contributed by atoms with E-state index >= 15 is 0 Å². The molecule has 1 aromatic heterocycles. The monoisotopic (exact) mass is 380 g/mol. The molecule has 0 saturated carbocycles. The maximum atomic E-state index is 12.3. The summed E-state index contributed by atoms with van der Waals surface area (Å²) in [4.78, 5) is 36.1. The van der Waals surface area contributed by atoms with E-state index < -0.39 is 60.3 Å². The maximum absolute atomic E-state index is 12.3. The molecule has 3 heterocycles. The Kier molecular flexibility index (Phi) is 4.45. The number of H-pyrrole nitrogens is 1. The van der Waals surface area contributed by atoms with Gasteiger partial charge in [-0.05, 0) is 13.8 Å². The normalized spacial score (nSPS) is 30.2. The van der Waals surface area contributed by atoms with E-state index in [9.17, 15) is 27.6 Å². The molecule has 1 N–H and O–H groups in total. The molecule has 144 valence electrons. The Labute approximate surface area is 143 Å². The number of aromatic nitrogens is 2. The van der Waals surface area contributed by atoms with Gasteiger partial charge >= 0.3 is 17.8 Å². The summed E-state index contributed by atoms with van der Waals surface area (Å²) < 4.78 is 59.0. The van der Waals surface area contributed by atoms with E-state index in [2.05, 4.69) is 4.74 Å². The Balaban J connectivity index is 1.83. The molecule has 0 radical (unpaired) electrons. The second kappa shape index (κ2) is 6.21. The zero-order valence-electron chi connectivity index (χ0n) is 13.6. The van der Waals surface area contributed by atoms with Gasteiger partial charge in [-0.3, -0.25) is 14.3 Å². The van der Waals surface area contributed by atoms with Crippen LogP contribution in [0.5, 0.6) is 0 Å². The van der Waals surface area contributed by atoms with Gasteiger partial charge < -0.3 is 18.9 Å². The van der Waals surface area contributed by atoms with Gasteiger partial charge in [-0.25, -0.2) is 9.59 Å². The molecule has 9 nitrogen and oxygen atoms in total. The van der Waals surface area contributed by atoms with Crippen LogP contribution in [0.3, 0.4) is 0 Å². The molecule has 3 rings (SSSR count). The summed E-state index contributed by atoms with van der Waals surface area (Å²) in [5.41, 5.74) is -1.41. The van der Waals surface area contributed by atoms with Crippen LogP contribution < -0.4 is 11.2 Å². The third-order valence-corrected chi connectivity index (χ3v) is 3.86. The van der Waals surface area contributed by atoms with Gasteiger partial charge in [0.2, 0.25) is 0 Å². The number of ether oxygens (including phenoxy) is 4. The molecule has 0 bridgehead atoms. The summed E-state index contributed by atoms with van der Waals surface area (Å²) in [7, 11) is 0. The van der Waals surface area contributed by atoms with Crippen LogP contribution in [0.1, 0.15) is 20.1 Å². The van der Waals surface area contributed by atoms with E-state index in [1.165, 1.54) is 6.20 Å². The second-order valence-electron chi connectivity index (χ2n) is 6.24. The van der Waals surface area contributed by atoms with Crippen LogP contribution in [0.15, 0.2) is 21.9 Å². The average Bonchev–Trinajstić information content (AvgIpc) is 2.97. The number of nitrogens with one attached hydrogen (secondary N) is 1. The third-order valence-electron chi connectivity index (χ3n) is 3.86. The van der Waals surface area contributed by atoms with Crippen molar-refractivity contribution in [2.75, 3.05) is 6.61 Å². The van der Waals surface area contributed by atoms with Gasteiger partial charge in [-0.1, -0.05) is 0 Å². The highest BCUT2D eigenvalue weighted by atomic mass is 19.4. The fraction of sp³-hybridized carbons (Fsp3) is 0.643. The number of rotatable bonds is 3. The second-order valence-corrected chi connectivity index (χ2v) is 6.24. The fourth-order valence-electron chi connectivity index (χ4n) is 2.88. The SMILES string of the molecule is CC1(C)O[C@@H]2[C@H](O1)[C@@H](COC(=O)C(F)(F)F)O[C@H]2n1ccc(=O)[nH]c1=O. The Morgan fingerprint density at radius 1 is 1.31 bits per heavy atom. The summed E-state index contributed by atoms with van der Waals surface area (Å²) in [6.07, 6.45) is -7.89. The fourth-order valence-corrected chi connectivity index (χ4v) is 2.88. The van der Waals surface area contributed by atoms with Crippen LogP contribution in [-0.2, 0) is 23.7 Å². The molecule has 1 aromatic rings. The standard InChI is InChI=1S/C14H15F3N2O7/c1-13(2)25-8-6(5-23-11(21)14(15,16)17)24-10(9(8)26-13)19-4-3-7(20)18-12(19)22/h3-4,6,8-10H,5H2,1-2H3,(H,18,20,22)/t6-,8-,9-,10-/m1/s1. The predicted octanol–water partition coefficient (Wildman–Crippen LogP) is 0.0596. The van der Waals surface area contributed by atoms with Crippen LogP contribution in [0.4, 0.5) is 13.2 Å². The minimum absolute atomic E-state index is 0.625. The highest BCUT2D eigenvalue weighted by Gasteiger charge is 2.56. The molecule has 4 atom stereocenters. The highest BCUT2D eigenvalue weighted by molar-refractivity contribution is 5.75. The van der Waals surface area contributed by atoms with Crippen LogP contribution in [0.2, 0.25) is 0 Å². The van der Waals surface area contributed by atoms with Crippen molar-refractivity contribution in [3.63, 3.8) is 0 Å². The summed E-state index contributed by atoms with van der Waals surface area (Å²) in [6.45, 7) is 2.42. The molecule has 2 aliphatic heterocycles. The summed E-state index contributed by atoms with van der Waals surface area (Å²) in [5.74, 6) is -3.45. The number of halogens is 3. The highest BCUT2D eigenvalue weighted by Crippen LogP contribution is 2.42. The lowest BCUT2D eigenvalue weighted by molar-refractivity contribution is -0.215. The Hall–Kier alpha value is -2.18. The molecule has 0 aliphatic carbocycles. The van der Waals surface area contributed by atoms with Gasteiger partial charge in [0, 0.05) is 12.3 Å². The van der Waals surface area contributed by atoms with E-state index in [0.717, 1.165) is 10.6 Å². The van der Waals surface area contributed by atoms with E-state index in [0.29, 0.717) is 0 Å². The molecule has 0 amide bonds. The summed E-state index contributed by atoms with van der Waals surface area (Å²) in [5, 5.41) is 0. The van der Waals surface area contributed by atoms with Gasteiger partial charge in [0.15, 0.2) is 12.0 Å². The first-order chi connectivity index (χ1) is 12.0. The minimum Gasteiger partial charge on any atom is -0.456 e. The smallest absolute Gasteiger partial charge is 0.456 e. The van der Waals surface area contributed by atoms with Crippen molar-refractivity contribution >= 4 is 5.97 Å². The zero-order chi connectivity index (χ0) is 19.3. The van der Waals surface area contributed by atoms with Gasteiger partial charge in [0.25, 0.3) is 5.56 Å². The van der Waals surface area contributed by atoms with E-state index in [1.807, 2.05) is 4.98 Å². The number of alkyl halides is 3. The van der Waals surface area contributed by atoms with Crippen molar-refractivity contribution in [3.05, 3.63) is 33.1 Å². The van der Waals surface area contributed by atoms with Gasteiger partial charge in [-0.15, -0.1) is 0 Å². The maximum Gasteiger partial charge on any atom is 0.490 e. The van der Waals surface area contributed by atoms with Crippen molar-refractivity contribution in [1.29, 1.82) is 0 Å². The molecule has 0 aromatic carbocycles. The van der Waals surface area contributed by atoms with Crippen molar-refractivity contribution in [3.8, 4) is 0 Å². The molecule has 12 heteroatoms. The van der Waals surface area contributed by atoms with Crippen molar-refractivity contribution in [2.24, 2.45) is 0 Å². The van der Waals surface area contributed by atoms with E-state index in [-0.39, 0.29) is 0 Å². The number of esters is 1. The average molecular weight is 380 g/mol. The molecule has 2 saturated heterocycles. The zero-order valence-corrected chi connectivity index (χ0v) is 13.6. The number of carbonyl (C=O) groups is 1. The Bertz CT molecular complexity index is 816. The number of carbonyl (C=O) groups excluding carboxylic acids is 1. The third kappa shape index (κ3) is 3.52. The Morgan fingerprint density at radius 3 is 2.58 bits per heavy atom. The summed E-state index contributed by atoms with van der Waals surface area (Å²) in [6, 6.07) is 1.08. The number of fused-ring (bicyclic) bond motifs is 1. The number of hydrogen-bond donors (Lipinski definition) is 1. The first kappa shape index (κ1) is 18.6. The molecule has 2 aliphatic rings. The molecular weight excluding hydrogens is 365 g/mol. The Morgan fingerprint density at radius 2 is 1.96 bits per heavy atom. The topological polar surface area (TPSA) is 109 Å². The number of nitrogens with zero attached hydrogens (tertiary/aromatic N) is 1. The minimum atomic E-state index is -5.14. The summed E-state index contributed by atoms with van der Waals surface area (Å²) >= 11 is 0. The van der Waals surface area contributed by atoms with Gasteiger partial charge in [0.1, 0.15) is 24.9 Å². The van der Waals surface area contributed by atoms with Crippen molar-refractivity contribution < 1.29 is 36.9 Å². The van der Waals surface area contributed by atoms with Crippen LogP contribution in [0, 0.1) is 0 Å². The van der Waals surface area contributed by atoms with Crippen molar-refractivity contribution in [1.82, 2.24) is 9.55 Å². The lowest BCUT2D eigenvalue weighted by Crippen LogP contribution is -2.37. The van der Waals surface area contributed by atoms with Crippen LogP contribution in [0.25, 0.3) is 0 Å². The van der Waals surface area contributed by atoms with E-state index in [1.54, 1.807) is 13.8 Å². The van der Waals surface area contributed by atoms with Gasteiger partial charge in [-0.2, -0.15) is 13.2 Å². The van der Waals surface area contributed by atoms with Crippen LogP contribution in [-0.4, -0.2) is 52.4 Å². The molecule has 2 fully saturated rings. The number of hydrogen-bond acceptors (Lipinski definition) is 7. The first-order valence-electron chi connectivity index (χ1n) is 7.54. The molecule has 0 spiro atoms. The number of aromatic amines is 1. The lowest BCUT2D eigenvalue weighted by atomic mass is 10.1.